The summed E-state index contributed by atoms with van der Waals surface area (Å²) in [6, 6.07) is 13.0. The quantitative estimate of drug-likeness (QED) is 0.874. The highest BCUT2D eigenvalue weighted by molar-refractivity contribution is 8.00. The SMILES string of the molecule is CCNC(=O)Nc1cccc([C@@H]2SCC(=O)N2c2ccc(F)cc2)c1. The summed E-state index contributed by atoms with van der Waals surface area (Å²) in [6.07, 6.45) is 0. The van der Waals surface area contributed by atoms with Crippen LogP contribution >= 0.6 is 11.8 Å². The molecule has 0 spiro atoms. The largest absolute Gasteiger partial charge is 0.338 e. The Morgan fingerprint density at radius 2 is 2.04 bits per heavy atom. The third-order valence-electron chi connectivity index (χ3n) is 3.74. The van der Waals surface area contributed by atoms with Gasteiger partial charge in [-0.1, -0.05) is 12.1 Å². The lowest BCUT2D eigenvalue weighted by Crippen LogP contribution is -2.29. The maximum Gasteiger partial charge on any atom is 0.319 e. The van der Waals surface area contributed by atoms with Gasteiger partial charge >= 0.3 is 6.03 Å². The molecule has 5 nitrogen and oxygen atoms in total. The first-order valence-corrected chi connectivity index (χ1v) is 8.97. The standard InChI is InChI=1S/C18H18FN3O2S/c1-2-20-18(24)21-14-5-3-4-12(10-14)17-22(16(23)11-25-17)15-8-6-13(19)7-9-15/h3-10,17H,2,11H2,1H3,(H2,20,21,24)/t17-/m0/s1. The molecule has 2 N–H and O–H groups in total. The topological polar surface area (TPSA) is 61.4 Å². The number of carbonyl (C=O) groups excluding carboxylic acids is 2. The van der Waals surface area contributed by atoms with Crippen molar-refractivity contribution in [1.82, 2.24) is 5.32 Å². The Bertz CT molecular complexity index is 782. The summed E-state index contributed by atoms with van der Waals surface area (Å²) in [5.74, 6) is -0.00725. The summed E-state index contributed by atoms with van der Waals surface area (Å²) < 4.78 is 13.2. The smallest absolute Gasteiger partial charge is 0.319 e. The number of carbonyl (C=O) groups is 2. The van der Waals surface area contributed by atoms with Crippen LogP contribution in [0.15, 0.2) is 48.5 Å². The minimum Gasteiger partial charge on any atom is -0.338 e. The van der Waals surface area contributed by atoms with Crippen molar-refractivity contribution in [2.45, 2.75) is 12.3 Å². The summed E-state index contributed by atoms with van der Waals surface area (Å²) in [5.41, 5.74) is 2.21. The fraction of sp³-hybridized carbons (Fsp3) is 0.222. The molecule has 0 aliphatic carbocycles. The molecule has 25 heavy (non-hydrogen) atoms. The average Bonchev–Trinajstić information content (AvgIpc) is 2.98. The minimum atomic E-state index is -0.340. The monoisotopic (exact) mass is 359 g/mol. The van der Waals surface area contributed by atoms with E-state index in [1.54, 1.807) is 23.1 Å². The summed E-state index contributed by atoms with van der Waals surface area (Å²) in [6.45, 7) is 2.38. The fourth-order valence-electron chi connectivity index (χ4n) is 2.66. The van der Waals surface area contributed by atoms with Crippen LogP contribution in [0.4, 0.5) is 20.6 Å². The van der Waals surface area contributed by atoms with Gasteiger partial charge in [0.1, 0.15) is 11.2 Å². The van der Waals surface area contributed by atoms with Crippen LogP contribution in [0.1, 0.15) is 17.9 Å². The van der Waals surface area contributed by atoms with Crippen molar-refractivity contribution in [3.63, 3.8) is 0 Å². The summed E-state index contributed by atoms with van der Waals surface area (Å²) >= 11 is 1.50. The van der Waals surface area contributed by atoms with E-state index in [4.69, 9.17) is 0 Å². The van der Waals surface area contributed by atoms with Gasteiger partial charge in [-0.2, -0.15) is 0 Å². The van der Waals surface area contributed by atoms with Gasteiger partial charge in [0.2, 0.25) is 5.91 Å². The molecule has 0 unspecified atom stereocenters. The predicted octanol–water partition coefficient (Wildman–Crippen LogP) is 3.75. The molecule has 1 heterocycles. The Morgan fingerprint density at radius 3 is 2.76 bits per heavy atom. The van der Waals surface area contributed by atoms with Crippen LogP contribution in [0.5, 0.6) is 0 Å². The molecule has 1 aliphatic heterocycles. The van der Waals surface area contributed by atoms with Crippen molar-refractivity contribution >= 4 is 35.1 Å². The van der Waals surface area contributed by atoms with Crippen LogP contribution in [0, 0.1) is 5.82 Å². The molecular weight excluding hydrogens is 341 g/mol. The van der Waals surface area contributed by atoms with E-state index in [0.717, 1.165) is 5.56 Å². The highest BCUT2D eigenvalue weighted by atomic mass is 32.2. The lowest BCUT2D eigenvalue weighted by atomic mass is 10.1. The number of rotatable bonds is 4. The highest BCUT2D eigenvalue weighted by Gasteiger charge is 2.34. The zero-order valence-electron chi connectivity index (χ0n) is 13.7. The summed E-state index contributed by atoms with van der Waals surface area (Å²) in [7, 11) is 0. The first-order chi connectivity index (χ1) is 12.1. The molecule has 7 heteroatoms. The zero-order chi connectivity index (χ0) is 17.8. The maximum atomic E-state index is 13.2. The summed E-state index contributed by atoms with van der Waals surface area (Å²) in [4.78, 5) is 25.7. The van der Waals surface area contributed by atoms with Gasteiger partial charge in [0, 0.05) is 17.9 Å². The molecule has 2 aromatic carbocycles. The first-order valence-electron chi connectivity index (χ1n) is 7.92. The molecular formula is C18H18FN3O2S. The average molecular weight is 359 g/mol. The van der Waals surface area contributed by atoms with Crippen molar-refractivity contribution in [3.05, 3.63) is 59.9 Å². The van der Waals surface area contributed by atoms with Crippen LogP contribution < -0.4 is 15.5 Å². The lowest BCUT2D eigenvalue weighted by Gasteiger charge is -2.24. The minimum absolute atomic E-state index is 0.0244. The van der Waals surface area contributed by atoms with Gasteiger partial charge in [-0.05, 0) is 48.9 Å². The molecule has 0 bridgehead atoms. The molecule has 1 fully saturated rings. The van der Waals surface area contributed by atoms with E-state index in [0.29, 0.717) is 23.7 Å². The second-order valence-corrected chi connectivity index (χ2v) is 6.58. The van der Waals surface area contributed by atoms with Gasteiger partial charge in [-0.15, -0.1) is 11.8 Å². The predicted molar refractivity (Wildman–Crippen MR) is 98.2 cm³/mol. The zero-order valence-corrected chi connectivity index (χ0v) is 14.5. The number of nitrogens with zero attached hydrogens (tertiary/aromatic N) is 1. The van der Waals surface area contributed by atoms with Crippen LogP contribution in [-0.2, 0) is 4.79 Å². The molecule has 3 rings (SSSR count). The fourth-order valence-corrected chi connectivity index (χ4v) is 3.82. The van der Waals surface area contributed by atoms with Crippen LogP contribution in [0.2, 0.25) is 0 Å². The Kier molecular flexibility index (Phi) is 5.23. The molecule has 130 valence electrons. The van der Waals surface area contributed by atoms with E-state index in [1.807, 2.05) is 25.1 Å². The number of amides is 3. The van der Waals surface area contributed by atoms with Crippen molar-refractivity contribution in [1.29, 1.82) is 0 Å². The number of anilines is 2. The number of urea groups is 1. The van der Waals surface area contributed by atoms with Gasteiger partial charge in [-0.3, -0.25) is 9.69 Å². The molecule has 3 amide bonds. The number of hydrogen-bond acceptors (Lipinski definition) is 3. The highest BCUT2D eigenvalue weighted by Crippen LogP contribution is 2.42. The van der Waals surface area contributed by atoms with Crippen molar-refractivity contribution in [2.75, 3.05) is 22.5 Å². The van der Waals surface area contributed by atoms with E-state index < -0.39 is 0 Å². The molecule has 0 saturated carbocycles. The van der Waals surface area contributed by atoms with Crippen LogP contribution in [0.3, 0.4) is 0 Å². The van der Waals surface area contributed by atoms with Crippen molar-refractivity contribution < 1.29 is 14.0 Å². The van der Waals surface area contributed by atoms with E-state index in [-0.39, 0.29) is 23.1 Å². The summed E-state index contributed by atoms with van der Waals surface area (Å²) in [5, 5.41) is 5.23. The number of nitrogens with one attached hydrogen (secondary N) is 2. The number of benzene rings is 2. The van der Waals surface area contributed by atoms with E-state index in [1.165, 1.54) is 23.9 Å². The third kappa shape index (κ3) is 3.93. The maximum absolute atomic E-state index is 13.2. The van der Waals surface area contributed by atoms with Gasteiger partial charge in [-0.25, -0.2) is 9.18 Å². The molecule has 0 aromatic heterocycles. The lowest BCUT2D eigenvalue weighted by molar-refractivity contribution is -0.115. The Labute approximate surface area is 149 Å². The van der Waals surface area contributed by atoms with Crippen LogP contribution in [-0.4, -0.2) is 24.2 Å². The van der Waals surface area contributed by atoms with E-state index in [9.17, 15) is 14.0 Å². The second kappa shape index (κ2) is 7.57. The molecule has 2 aromatic rings. The normalized spacial score (nSPS) is 16.8. The van der Waals surface area contributed by atoms with Gasteiger partial charge in [0.25, 0.3) is 0 Å². The third-order valence-corrected chi connectivity index (χ3v) is 4.95. The van der Waals surface area contributed by atoms with Gasteiger partial charge < -0.3 is 10.6 Å². The molecule has 1 saturated heterocycles. The second-order valence-electron chi connectivity index (χ2n) is 5.51. The Balaban J connectivity index is 1.85. The van der Waals surface area contributed by atoms with Crippen molar-refractivity contribution in [3.8, 4) is 0 Å². The van der Waals surface area contributed by atoms with E-state index in [2.05, 4.69) is 10.6 Å². The van der Waals surface area contributed by atoms with E-state index >= 15 is 0 Å². The Morgan fingerprint density at radius 1 is 1.28 bits per heavy atom. The number of halogens is 1. The number of hydrogen-bond donors (Lipinski definition) is 2. The molecule has 1 atom stereocenters. The van der Waals surface area contributed by atoms with Crippen molar-refractivity contribution in [2.24, 2.45) is 0 Å². The number of thioether (sulfide) groups is 1. The Hall–Kier alpha value is -2.54. The van der Waals surface area contributed by atoms with Crippen LogP contribution in [0.25, 0.3) is 0 Å². The van der Waals surface area contributed by atoms with Gasteiger partial charge in [0.15, 0.2) is 0 Å². The first kappa shape index (κ1) is 17.3. The van der Waals surface area contributed by atoms with Gasteiger partial charge in [0.05, 0.1) is 5.75 Å². The molecule has 0 radical (unpaired) electrons. The molecule has 1 aliphatic rings.